The number of carbonyl (C=O) groups is 1. The SMILES string of the molecule is CN(C)c1ccc(NC(=O)C2CCCCN2S(=O)(=O)c2ccc(Br)cc2)cn1. The minimum absolute atomic E-state index is 0.187. The summed E-state index contributed by atoms with van der Waals surface area (Å²) < 4.78 is 28.3. The Labute approximate surface area is 173 Å². The average molecular weight is 467 g/mol. The summed E-state index contributed by atoms with van der Waals surface area (Å²) in [5, 5.41) is 2.81. The summed E-state index contributed by atoms with van der Waals surface area (Å²) >= 11 is 3.31. The third-order valence-corrected chi connectivity index (χ3v) is 7.10. The van der Waals surface area contributed by atoms with Gasteiger partial charge in [0.15, 0.2) is 0 Å². The number of hydrogen-bond acceptors (Lipinski definition) is 5. The summed E-state index contributed by atoms with van der Waals surface area (Å²) in [5.74, 6) is 0.440. The van der Waals surface area contributed by atoms with Crippen molar-refractivity contribution >= 4 is 43.4 Å². The number of rotatable bonds is 5. The van der Waals surface area contributed by atoms with E-state index in [9.17, 15) is 13.2 Å². The third kappa shape index (κ3) is 4.53. The number of halogens is 1. The largest absolute Gasteiger partial charge is 0.363 e. The second-order valence-corrected chi connectivity index (χ2v) is 9.68. The van der Waals surface area contributed by atoms with Gasteiger partial charge in [0.25, 0.3) is 0 Å². The molecule has 150 valence electrons. The highest BCUT2D eigenvalue weighted by Crippen LogP contribution is 2.27. The van der Waals surface area contributed by atoms with Crippen molar-refractivity contribution in [3.8, 4) is 0 Å². The third-order valence-electron chi connectivity index (χ3n) is 4.65. The number of amides is 1. The van der Waals surface area contributed by atoms with Crippen LogP contribution in [0.5, 0.6) is 0 Å². The molecule has 0 aliphatic carbocycles. The Morgan fingerprint density at radius 2 is 1.89 bits per heavy atom. The van der Waals surface area contributed by atoms with Crippen LogP contribution in [0.4, 0.5) is 11.5 Å². The van der Waals surface area contributed by atoms with Gasteiger partial charge in [0.1, 0.15) is 11.9 Å². The van der Waals surface area contributed by atoms with Crippen molar-refractivity contribution < 1.29 is 13.2 Å². The van der Waals surface area contributed by atoms with Crippen LogP contribution in [0, 0.1) is 0 Å². The lowest BCUT2D eigenvalue weighted by Gasteiger charge is -2.33. The van der Waals surface area contributed by atoms with E-state index in [1.165, 1.54) is 4.31 Å². The molecule has 1 aromatic heterocycles. The van der Waals surface area contributed by atoms with Gasteiger partial charge in [-0.3, -0.25) is 4.79 Å². The maximum atomic E-state index is 13.1. The first kappa shape index (κ1) is 20.8. The van der Waals surface area contributed by atoms with Gasteiger partial charge < -0.3 is 10.2 Å². The topological polar surface area (TPSA) is 82.6 Å². The number of carbonyl (C=O) groups excluding carboxylic acids is 1. The Kier molecular flexibility index (Phi) is 6.36. The molecule has 1 unspecified atom stereocenters. The molecule has 1 aliphatic heterocycles. The first-order valence-corrected chi connectivity index (χ1v) is 11.2. The van der Waals surface area contributed by atoms with E-state index in [4.69, 9.17) is 0 Å². The lowest BCUT2D eigenvalue weighted by Crippen LogP contribution is -2.49. The summed E-state index contributed by atoms with van der Waals surface area (Å²) in [6.45, 7) is 0.328. The number of sulfonamides is 1. The fourth-order valence-corrected chi connectivity index (χ4v) is 5.07. The van der Waals surface area contributed by atoms with E-state index < -0.39 is 16.1 Å². The molecule has 9 heteroatoms. The van der Waals surface area contributed by atoms with Crippen LogP contribution in [0.2, 0.25) is 0 Å². The Morgan fingerprint density at radius 1 is 1.18 bits per heavy atom. The molecule has 3 rings (SSSR count). The minimum atomic E-state index is -3.75. The second kappa shape index (κ2) is 8.59. The number of pyridine rings is 1. The van der Waals surface area contributed by atoms with Crippen LogP contribution in [-0.2, 0) is 14.8 Å². The first-order chi connectivity index (χ1) is 13.3. The van der Waals surface area contributed by atoms with Crippen molar-refractivity contribution in [1.29, 1.82) is 0 Å². The van der Waals surface area contributed by atoms with Crippen LogP contribution in [0.1, 0.15) is 19.3 Å². The maximum absolute atomic E-state index is 13.1. The van der Waals surface area contributed by atoms with E-state index in [1.54, 1.807) is 42.6 Å². The predicted molar refractivity (Wildman–Crippen MR) is 113 cm³/mol. The van der Waals surface area contributed by atoms with Gasteiger partial charge >= 0.3 is 0 Å². The standard InChI is InChI=1S/C19H23BrN4O3S/c1-23(2)18-11-8-15(13-21-18)22-19(25)17-5-3-4-12-24(17)28(26,27)16-9-6-14(20)7-10-16/h6-11,13,17H,3-5,12H2,1-2H3,(H,22,25). The normalized spacial score (nSPS) is 17.9. The molecule has 1 aromatic carbocycles. The van der Waals surface area contributed by atoms with E-state index in [0.29, 0.717) is 18.7 Å². The smallest absolute Gasteiger partial charge is 0.243 e. The number of aromatic nitrogens is 1. The molecule has 1 N–H and O–H groups in total. The van der Waals surface area contributed by atoms with Crippen molar-refractivity contribution in [2.24, 2.45) is 0 Å². The molecule has 28 heavy (non-hydrogen) atoms. The summed E-state index contributed by atoms with van der Waals surface area (Å²) in [6, 6.07) is 9.28. The summed E-state index contributed by atoms with van der Waals surface area (Å²) in [6.07, 6.45) is 3.61. The summed E-state index contributed by atoms with van der Waals surface area (Å²) in [7, 11) is 0.0110. The highest BCUT2D eigenvalue weighted by Gasteiger charge is 2.37. The molecule has 0 spiro atoms. The zero-order valence-corrected chi connectivity index (χ0v) is 18.2. The van der Waals surface area contributed by atoms with Crippen LogP contribution in [0.3, 0.4) is 0 Å². The van der Waals surface area contributed by atoms with Gasteiger partial charge in [0, 0.05) is 25.1 Å². The van der Waals surface area contributed by atoms with E-state index >= 15 is 0 Å². The van der Waals surface area contributed by atoms with E-state index in [-0.39, 0.29) is 10.8 Å². The van der Waals surface area contributed by atoms with Crippen LogP contribution < -0.4 is 10.2 Å². The fourth-order valence-electron chi connectivity index (χ4n) is 3.15. The van der Waals surface area contributed by atoms with Crippen molar-refractivity contribution in [2.75, 3.05) is 30.9 Å². The molecule has 7 nitrogen and oxygen atoms in total. The second-order valence-electron chi connectivity index (χ2n) is 6.87. The molecule has 1 fully saturated rings. The highest BCUT2D eigenvalue weighted by atomic mass is 79.9. The summed E-state index contributed by atoms with van der Waals surface area (Å²) in [4.78, 5) is 19.2. The Morgan fingerprint density at radius 3 is 2.50 bits per heavy atom. The number of nitrogens with zero attached hydrogens (tertiary/aromatic N) is 3. The highest BCUT2D eigenvalue weighted by molar-refractivity contribution is 9.10. The van der Waals surface area contributed by atoms with Gasteiger partial charge in [0.05, 0.1) is 16.8 Å². The fraction of sp³-hybridized carbons (Fsp3) is 0.368. The number of hydrogen-bond donors (Lipinski definition) is 1. The Balaban J connectivity index is 1.80. The lowest BCUT2D eigenvalue weighted by molar-refractivity contribution is -0.120. The number of piperidine rings is 1. The van der Waals surface area contributed by atoms with Gasteiger partial charge in [-0.05, 0) is 49.2 Å². The average Bonchev–Trinajstić information content (AvgIpc) is 2.68. The zero-order chi connectivity index (χ0) is 20.3. The Bertz CT molecular complexity index is 931. The summed E-state index contributed by atoms with van der Waals surface area (Å²) in [5.41, 5.74) is 0.544. The van der Waals surface area contributed by atoms with Crippen LogP contribution >= 0.6 is 15.9 Å². The van der Waals surface area contributed by atoms with E-state index in [0.717, 1.165) is 23.1 Å². The van der Waals surface area contributed by atoms with Crippen molar-refractivity contribution in [2.45, 2.75) is 30.2 Å². The molecule has 1 amide bonds. The van der Waals surface area contributed by atoms with Crippen LogP contribution in [0.25, 0.3) is 0 Å². The number of nitrogens with one attached hydrogen (secondary N) is 1. The lowest BCUT2D eigenvalue weighted by atomic mass is 10.0. The van der Waals surface area contributed by atoms with Crippen LogP contribution in [0.15, 0.2) is 52.0 Å². The number of anilines is 2. The molecular formula is C19H23BrN4O3S. The molecule has 1 aliphatic rings. The molecule has 1 atom stereocenters. The van der Waals surface area contributed by atoms with E-state index in [2.05, 4.69) is 26.2 Å². The van der Waals surface area contributed by atoms with Crippen molar-refractivity contribution in [3.63, 3.8) is 0 Å². The molecule has 0 radical (unpaired) electrons. The van der Waals surface area contributed by atoms with Gasteiger partial charge in [-0.1, -0.05) is 22.4 Å². The maximum Gasteiger partial charge on any atom is 0.243 e. The van der Waals surface area contributed by atoms with Gasteiger partial charge in [0.2, 0.25) is 15.9 Å². The van der Waals surface area contributed by atoms with Gasteiger partial charge in [-0.25, -0.2) is 13.4 Å². The van der Waals surface area contributed by atoms with E-state index in [1.807, 2.05) is 19.0 Å². The van der Waals surface area contributed by atoms with Crippen molar-refractivity contribution in [3.05, 3.63) is 47.1 Å². The van der Waals surface area contributed by atoms with Gasteiger partial charge in [-0.2, -0.15) is 4.31 Å². The minimum Gasteiger partial charge on any atom is -0.363 e. The zero-order valence-electron chi connectivity index (χ0n) is 15.8. The molecular weight excluding hydrogens is 444 g/mol. The molecule has 1 saturated heterocycles. The molecule has 0 saturated carbocycles. The number of benzene rings is 1. The van der Waals surface area contributed by atoms with Crippen molar-refractivity contribution in [1.82, 2.24) is 9.29 Å². The molecule has 2 aromatic rings. The Hall–Kier alpha value is -1.97. The molecule has 0 bridgehead atoms. The molecule has 2 heterocycles. The van der Waals surface area contributed by atoms with Crippen LogP contribution in [-0.4, -0.2) is 50.3 Å². The predicted octanol–water partition coefficient (Wildman–Crippen LogP) is 3.09. The van der Waals surface area contributed by atoms with Gasteiger partial charge in [-0.15, -0.1) is 0 Å². The first-order valence-electron chi connectivity index (χ1n) is 9.01. The monoisotopic (exact) mass is 466 g/mol. The quantitative estimate of drug-likeness (QED) is 0.731.